The summed E-state index contributed by atoms with van der Waals surface area (Å²) in [5, 5.41) is 0. The van der Waals surface area contributed by atoms with E-state index in [1.165, 1.54) is 0 Å². The molecule has 0 unspecified atom stereocenters. The van der Waals surface area contributed by atoms with Crippen molar-refractivity contribution in [2.24, 2.45) is 0 Å². The lowest BCUT2D eigenvalue weighted by Gasteiger charge is -2.27. The lowest BCUT2D eigenvalue weighted by Crippen LogP contribution is -2.48. The van der Waals surface area contributed by atoms with Gasteiger partial charge in [0.1, 0.15) is 6.04 Å². The maximum Gasteiger partial charge on any atom is 0.261 e. The highest BCUT2D eigenvalue weighted by atomic mass is 32.2. The van der Waals surface area contributed by atoms with Crippen molar-refractivity contribution in [3.63, 3.8) is 0 Å². The molecule has 9 heteroatoms. The van der Waals surface area contributed by atoms with Gasteiger partial charge in [0.15, 0.2) is 0 Å². The molecule has 4 rings (SSSR count). The van der Waals surface area contributed by atoms with E-state index >= 15 is 0 Å². The first-order chi connectivity index (χ1) is 13.5. The fourth-order valence-corrected chi connectivity index (χ4v) is 5.78. The third-order valence-corrected chi connectivity index (χ3v) is 7.21. The Morgan fingerprint density at radius 1 is 1.11 bits per heavy atom. The van der Waals surface area contributed by atoms with E-state index in [4.69, 9.17) is 0 Å². The van der Waals surface area contributed by atoms with Gasteiger partial charge >= 0.3 is 0 Å². The first-order valence-electron chi connectivity index (χ1n) is 9.18. The number of carbonyl (C=O) groups is 4. The molecular weight excluding hydrogens is 398 g/mol. The summed E-state index contributed by atoms with van der Waals surface area (Å²) in [6.07, 6.45) is 0.0313. The minimum absolute atomic E-state index is 0.000411. The Bertz CT molecular complexity index is 854. The van der Waals surface area contributed by atoms with E-state index < -0.39 is 6.04 Å². The van der Waals surface area contributed by atoms with Gasteiger partial charge in [-0.05, 0) is 19.1 Å². The fraction of sp³-hybridized carbons (Fsp3) is 0.474. The number of nitrogens with zero attached hydrogens (tertiary/aromatic N) is 3. The molecule has 4 amide bonds. The molecule has 28 heavy (non-hydrogen) atoms. The third-order valence-electron chi connectivity index (χ3n) is 5.23. The predicted octanol–water partition coefficient (Wildman–Crippen LogP) is 1.42. The van der Waals surface area contributed by atoms with E-state index in [1.807, 2.05) is 6.92 Å². The van der Waals surface area contributed by atoms with Crippen LogP contribution in [0.15, 0.2) is 18.2 Å². The summed E-state index contributed by atoms with van der Waals surface area (Å²) in [4.78, 5) is 55.1. The summed E-state index contributed by atoms with van der Waals surface area (Å²) in [5.41, 5.74) is 1.70. The summed E-state index contributed by atoms with van der Waals surface area (Å²) < 4.78 is 0. The van der Waals surface area contributed by atoms with Gasteiger partial charge in [0, 0.05) is 31.0 Å². The molecule has 0 aliphatic carbocycles. The van der Waals surface area contributed by atoms with Gasteiger partial charge < -0.3 is 9.80 Å². The molecule has 2 fully saturated rings. The summed E-state index contributed by atoms with van der Waals surface area (Å²) in [6, 6.07) is 4.72. The second-order valence-corrected chi connectivity index (χ2v) is 9.15. The molecule has 7 nitrogen and oxygen atoms in total. The molecule has 0 spiro atoms. The van der Waals surface area contributed by atoms with Crippen molar-refractivity contribution in [3.05, 3.63) is 34.9 Å². The van der Waals surface area contributed by atoms with Crippen LogP contribution in [-0.4, -0.2) is 80.7 Å². The van der Waals surface area contributed by atoms with Gasteiger partial charge in [-0.1, -0.05) is 11.6 Å². The van der Waals surface area contributed by atoms with Crippen LogP contribution in [0.5, 0.6) is 0 Å². The Morgan fingerprint density at radius 3 is 2.64 bits per heavy atom. The number of amides is 4. The van der Waals surface area contributed by atoms with E-state index in [-0.39, 0.29) is 36.6 Å². The highest BCUT2D eigenvalue weighted by molar-refractivity contribution is 7.99. The molecule has 1 atom stereocenters. The van der Waals surface area contributed by atoms with Crippen LogP contribution in [0, 0.1) is 6.92 Å². The number of hydrogen-bond donors (Lipinski definition) is 0. The number of benzene rings is 1. The standard InChI is InChI=1S/C19H21N3O4S2/c1-12-2-3-13-14(8-12)18(25)21(17(13)24)5-4-16(23)22-11-28-9-15(22)19(26)20-6-7-27-10-20/h2-3,8,15H,4-7,9-11H2,1H3/t15-/m0/s1. The second kappa shape index (κ2) is 7.79. The molecule has 0 bridgehead atoms. The topological polar surface area (TPSA) is 78.0 Å². The van der Waals surface area contributed by atoms with Gasteiger partial charge in [-0.15, -0.1) is 23.5 Å². The number of fused-ring (bicyclic) bond motifs is 1. The van der Waals surface area contributed by atoms with Crippen molar-refractivity contribution in [1.82, 2.24) is 14.7 Å². The molecule has 0 N–H and O–H groups in total. The lowest BCUT2D eigenvalue weighted by molar-refractivity contribution is -0.142. The summed E-state index contributed by atoms with van der Waals surface area (Å²) in [6.45, 7) is 2.62. The van der Waals surface area contributed by atoms with Gasteiger partial charge in [-0.2, -0.15) is 0 Å². The molecule has 1 aromatic carbocycles. The van der Waals surface area contributed by atoms with Crippen LogP contribution in [0.4, 0.5) is 0 Å². The van der Waals surface area contributed by atoms with Crippen LogP contribution in [0.3, 0.4) is 0 Å². The minimum Gasteiger partial charge on any atom is -0.331 e. The van der Waals surface area contributed by atoms with Crippen LogP contribution in [0.25, 0.3) is 0 Å². The Kier molecular flexibility index (Phi) is 5.37. The molecule has 3 heterocycles. The van der Waals surface area contributed by atoms with Crippen molar-refractivity contribution in [2.75, 3.05) is 36.3 Å². The maximum atomic E-state index is 12.8. The summed E-state index contributed by atoms with van der Waals surface area (Å²) in [7, 11) is 0. The second-order valence-electron chi connectivity index (χ2n) is 7.08. The number of imide groups is 1. The van der Waals surface area contributed by atoms with Crippen LogP contribution in [0.1, 0.15) is 32.7 Å². The zero-order chi connectivity index (χ0) is 19.8. The minimum atomic E-state index is -0.443. The smallest absolute Gasteiger partial charge is 0.261 e. The molecule has 3 aliphatic heterocycles. The number of hydrogen-bond acceptors (Lipinski definition) is 6. The molecule has 1 aromatic rings. The lowest BCUT2D eigenvalue weighted by atomic mass is 10.1. The highest BCUT2D eigenvalue weighted by Crippen LogP contribution is 2.27. The average Bonchev–Trinajstić information content (AvgIpc) is 3.42. The Hall–Kier alpha value is -2.00. The molecule has 0 radical (unpaired) electrons. The van der Waals surface area contributed by atoms with E-state index in [0.717, 1.165) is 22.8 Å². The van der Waals surface area contributed by atoms with Crippen molar-refractivity contribution in [3.8, 4) is 0 Å². The zero-order valence-electron chi connectivity index (χ0n) is 15.6. The van der Waals surface area contributed by atoms with Crippen molar-refractivity contribution < 1.29 is 19.2 Å². The molecule has 0 aromatic heterocycles. The van der Waals surface area contributed by atoms with Crippen LogP contribution < -0.4 is 0 Å². The third kappa shape index (κ3) is 3.41. The number of thioether (sulfide) groups is 2. The molecule has 3 aliphatic rings. The van der Waals surface area contributed by atoms with E-state index in [1.54, 1.807) is 51.5 Å². The summed E-state index contributed by atoms with van der Waals surface area (Å²) in [5.74, 6) is 1.77. The van der Waals surface area contributed by atoms with Gasteiger partial charge in [-0.3, -0.25) is 24.1 Å². The SMILES string of the molecule is Cc1ccc2c(c1)C(=O)N(CCC(=O)N1CSC[C@H]1C(=O)N1CCSC1)C2=O. The molecule has 2 saturated heterocycles. The molecular formula is C19H21N3O4S2. The van der Waals surface area contributed by atoms with Crippen LogP contribution in [-0.2, 0) is 9.59 Å². The van der Waals surface area contributed by atoms with E-state index in [9.17, 15) is 19.2 Å². The highest BCUT2D eigenvalue weighted by Gasteiger charge is 2.39. The van der Waals surface area contributed by atoms with Gasteiger partial charge in [-0.25, -0.2) is 0 Å². The van der Waals surface area contributed by atoms with Crippen molar-refractivity contribution in [2.45, 2.75) is 19.4 Å². The average molecular weight is 420 g/mol. The monoisotopic (exact) mass is 419 g/mol. The zero-order valence-corrected chi connectivity index (χ0v) is 17.2. The quantitative estimate of drug-likeness (QED) is 0.687. The Labute approximate surface area is 171 Å². The molecule has 148 valence electrons. The van der Waals surface area contributed by atoms with Crippen molar-refractivity contribution >= 4 is 47.2 Å². The Balaban J connectivity index is 1.39. The van der Waals surface area contributed by atoms with Crippen molar-refractivity contribution in [1.29, 1.82) is 0 Å². The summed E-state index contributed by atoms with van der Waals surface area (Å²) >= 11 is 3.27. The predicted molar refractivity (Wildman–Crippen MR) is 108 cm³/mol. The Morgan fingerprint density at radius 2 is 1.89 bits per heavy atom. The maximum absolute atomic E-state index is 12.8. The molecule has 0 saturated carbocycles. The van der Waals surface area contributed by atoms with Gasteiger partial charge in [0.25, 0.3) is 11.8 Å². The van der Waals surface area contributed by atoms with Gasteiger partial charge in [0.2, 0.25) is 11.8 Å². The number of aryl methyl sites for hydroxylation is 1. The van der Waals surface area contributed by atoms with E-state index in [0.29, 0.717) is 28.6 Å². The largest absolute Gasteiger partial charge is 0.331 e. The number of rotatable bonds is 4. The first-order valence-corrected chi connectivity index (χ1v) is 11.5. The van der Waals surface area contributed by atoms with E-state index in [2.05, 4.69) is 0 Å². The normalized spacial score (nSPS) is 21.6. The van der Waals surface area contributed by atoms with Crippen LogP contribution >= 0.6 is 23.5 Å². The van der Waals surface area contributed by atoms with Crippen LogP contribution in [0.2, 0.25) is 0 Å². The van der Waals surface area contributed by atoms with Gasteiger partial charge in [0.05, 0.1) is 22.9 Å². The first kappa shape index (κ1) is 19.3. The fourth-order valence-electron chi connectivity index (χ4n) is 3.65. The number of carbonyl (C=O) groups excluding carboxylic acids is 4.